The number of hydrogen-bond acceptors (Lipinski definition) is 6. The van der Waals surface area contributed by atoms with Crippen LogP contribution in [0.5, 0.6) is 0 Å². The van der Waals surface area contributed by atoms with Crippen LogP contribution in [0.2, 0.25) is 10.0 Å². The van der Waals surface area contributed by atoms with Gasteiger partial charge in [0, 0.05) is 37.0 Å². The smallest absolute Gasteiger partial charge is 0.293 e. The maximum atomic E-state index is 12.5. The van der Waals surface area contributed by atoms with Gasteiger partial charge in [0.05, 0.1) is 15.0 Å². The number of hydrogen-bond donors (Lipinski definition) is 2. The molecule has 7 nitrogen and oxygen atoms in total. The lowest BCUT2D eigenvalue weighted by Crippen LogP contribution is -2.38. The first-order valence-electron chi connectivity index (χ1n) is 9.13. The molecule has 0 saturated carbocycles. The molecule has 0 radical (unpaired) electrons. The molecule has 2 heterocycles. The zero-order valence-electron chi connectivity index (χ0n) is 16.0. The number of nitrogens with zero attached hydrogens (tertiary/aromatic N) is 1. The van der Waals surface area contributed by atoms with Crippen LogP contribution in [0.4, 0.5) is 4.79 Å². The quantitative estimate of drug-likeness (QED) is 0.536. The standard InChI is InChI=1S/C20H17Cl2N3O4S2/c21-14-3-1-2-12(17(14)22)10-15-19(28)25(20(29)31-15)8-7-23-16(26)4-6-24-18(27)13-5-9-30-11-13/h1-3,5,9-11H,4,6-8H2,(H,23,26)(H,24,27)/b15-10-. The van der Waals surface area contributed by atoms with E-state index >= 15 is 0 Å². The summed E-state index contributed by atoms with van der Waals surface area (Å²) in [7, 11) is 0. The van der Waals surface area contributed by atoms with Gasteiger partial charge in [-0.1, -0.05) is 35.3 Å². The first-order valence-corrected chi connectivity index (χ1v) is 11.6. The molecule has 0 spiro atoms. The van der Waals surface area contributed by atoms with Gasteiger partial charge in [-0.25, -0.2) is 0 Å². The van der Waals surface area contributed by atoms with Gasteiger partial charge in [-0.3, -0.25) is 24.1 Å². The highest BCUT2D eigenvalue weighted by molar-refractivity contribution is 8.18. The molecule has 0 aliphatic carbocycles. The van der Waals surface area contributed by atoms with Crippen molar-refractivity contribution >= 4 is 75.3 Å². The highest BCUT2D eigenvalue weighted by Gasteiger charge is 2.34. The van der Waals surface area contributed by atoms with Crippen molar-refractivity contribution in [2.45, 2.75) is 6.42 Å². The second-order valence-electron chi connectivity index (χ2n) is 6.34. The summed E-state index contributed by atoms with van der Waals surface area (Å²) < 4.78 is 0. The van der Waals surface area contributed by atoms with Crippen molar-refractivity contribution in [2.75, 3.05) is 19.6 Å². The first-order chi connectivity index (χ1) is 14.9. The van der Waals surface area contributed by atoms with Crippen LogP contribution < -0.4 is 10.6 Å². The van der Waals surface area contributed by atoms with Gasteiger partial charge in [-0.2, -0.15) is 11.3 Å². The molecule has 0 unspecified atom stereocenters. The minimum atomic E-state index is -0.455. The Labute approximate surface area is 196 Å². The normalized spacial score (nSPS) is 14.9. The maximum absolute atomic E-state index is 12.5. The molecular formula is C20H17Cl2N3O4S2. The Hall–Kier alpha value is -2.33. The SMILES string of the molecule is O=C(CCNC(=O)c1ccsc1)NCCN1C(=O)S/C(=C\c2cccc(Cl)c2Cl)C1=O. The third kappa shape index (κ3) is 6.10. The van der Waals surface area contributed by atoms with Gasteiger partial charge >= 0.3 is 0 Å². The molecule has 31 heavy (non-hydrogen) atoms. The van der Waals surface area contributed by atoms with E-state index in [1.54, 1.807) is 35.0 Å². The van der Waals surface area contributed by atoms with Crippen molar-refractivity contribution in [3.8, 4) is 0 Å². The lowest BCUT2D eigenvalue weighted by atomic mass is 10.2. The summed E-state index contributed by atoms with van der Waals surface area (Å²) in [5, 5.41) is 9.04. The average molecular weight is 498 g/mol. The van der Waals surface area contributed by atoms with Crippen LogP contribution in [-0.4, -0.2) is 47.5 Å². The summed E-state index contributed by atoms with van der Waals surface area (Å²) in [6.45, 7) is 0.337. The summed E-state index contributed by atoms with van der Waals surface area (Å²) in [5.41, 5.74) is 1.09. The summed E-state index contributed by atoms with van der Waals surface area (Å²) in [4.78, 5) is 49.7. The number of nitrogens with one attached hydrogen (secondary N) is 2. The zero-order valence-corrected chi connectivity index (χ0v) is 19.2. The van der Waals surface area contributed by atoms with Crippen molar-refractivity contribution in [3.63, 3.8) is 0 Å². The number of rotatable bonds is 8. The Morgan fingerprint density at radius 2 is 1.90 bits per heavy atom. The van der Waals surface area contributed by atoms with E-state index in [0.29, 0.717) is 21.2 Å². The van der Waals surface area contributed by atoms with E-state index in [2.05, 4.69) is 10.6 Å². The molecule has 1 aliphatic rings. The lowest BCUT2D eigenvalue weighted by molar-refractivity contribution is -0.124. The van der Waals surface area contributed by atoms with E-state index in [-0.39, 0.29) is 42.8 Å². The van der Waals surface area contributed by atoms with Crippen molar-refractivity contribution in [3.05, 3.63) is 61.1 Å². The minimum Gasteiger partial charge on any atom is -0.354 e. The Morgan fingerprint density at radius 3 is 2.65 bits per heavy atom. The van der Waals surface area contributed by atoms with Crippen LogP contribution in [0.25, 0.3) is 6.08 Å². The molecule has 1 fully saturated rings. The third-order valence-electron chi connectivity index (χ3n) is 4.22. The number of imide groups is 1. The van der Waals surface area contributed by atoms with E-state index < -0.39 is 11.1 Å². The molecule has 2 aromatic rings. The van der Waals surface area contributed by atoms with Crippen LogP contribution in [0.3, 0.4) is 0 Å². The van der Waals surface area contributed by atoms with Gasteiger partial charge < -0.3 is 10.6 Å². The predicted octanol–water partition coefficient (Wildman–Crippen LogP) is 4.03. The molecule has 1 aromatic carbocycles. The molecule has 1 aromatic heterocycles. The van der Waals surface area contributed by atoms with Crippen molar-refractivity contribution in [2.24, 2.45) is 0 Å². The molecule has 2 N–H and O–H groups in total. The lowest BCUT2D eigenvalue weighted by Gasteiger charge is -2.13. The molecule has 0 bridgehead atoms. The number of thioether (sulfide) groups is 1. The largest absolute Gasteiger partial charge is 0.354 e. The Morgan fingerprint density at radius 1 is 1.10 bits per heavy atom. The van der Waals surface area contributed by atoms with Crippen molar-refractivity contribution in [1.29, 1.82) is 0 Å². The third-order valence-corrected chi connectivity index (χ3v) is 6.64. The Balaban J connectivity index is 1.45. The van der Waals surface area contributed by atoms with Crippen LogP contribution >= 0.6 is 46.3 Å². The number of halogens is 2. The number of carbonyl (C=O) groups is 4. The average Bonchev–Trinajstić information content (AvgIpc) is 3.36. The van der Waals surface area contributed by atoms with E-state index in [0.717, 1.165) is 16.7 Å². The summed E-state index contributed by atoms with van der Waals surface area (Å²) in [6.07, 6.45) is 1.61. The molecule has 4 amide bonds. The maximum Gasteiger partial charge on any atom is 0.293 e. The van der Waals surface area contributed by atoms with Gasteiger partial charge in [0.2, 0.25) is 5.91 Å². The molecule has 1 saturated heterocycles. The summed E-state index contributed by atoms with van der Waals surface area (Å²) >= 11 is 14.3. The zero-order chi connectivity index (χ0) is 22.4. The Kier molecular flexibility index (Phi) is 8.14. The highest BCUT2D eigenvalue weighted by Crippen LogP contribution is 2.34. The van der Waals surface area contributed by atoms with Crippen molar-refractivity contribution < 1.29 is 19.2 Å². The van der Waals surface area contributed by atoms with E-state index in [1.165, 1.54) is 17.4 Å². The van der Waals surface area contributed by atoms with Gasteiger partial charge in [0.1, 0.15) is 0 Å². The van der Waals surface area contributed by atoms with Gasteiger partial charge in [-0.05, 0) is 40.9 Å². The first kappa shape index (κ1) is 23.3. The van der Waals surface area contributed by atoms with Gasteiger partial charge in [-0.15, -0.1) is 0 Å². The van der Waals surface area contributed by atoms with E-state index in [1.807, 2.05) is 0 Å². The molecule has 162 valence electrons. The number of thiophene rings is 1. The molecular weight excluding hydrogens is 481 g/mol. The molecule has 3 rings (SSSR count). The van der Waals surface area contributed by atoms with E-state index in [4.69, 9.17) is 23.2 Å². The highest BCUT2D eigenvalue weighted by atomic mass is 35.5. The predicted molar refractivity (Wildman–Crippen MR) is 123 cm³/mol. The second kappa shape index (κ2) is 10.8. The van der Waals surface area contributed by atoms with Crippen LogP contribution in [-0.2, 0) is 9.59 Å². The van der Waals surface area contributed by atoms with Gasteiger partial charge in [0.15, 0.2) is 0 Å². The van der Waals surface area contributed by atoms with Crippen molar-refractivity contribution in [1.82, 2.24) is 15.5 Å². The number of amides is 4. The van der Waals surface area contributed by atoms with E-state index in [9.17, 15) is 19.2 Å². The monoisotopic (exact) mass is 497 g/mol. The molecule has 11 heteroatoms. The van der Waals surface area contributed by atoms with Crippen LogP contribution in [0, 0.1) is 0 Å². The topological polar surface area (TPSA) is 95.6 Å². The van der Waals surface area contributed by atoms with Crippen LogP contribution in [0.15, 0.2) is 39.9 Å². The summed E-state index contributed by atoms with van der Waals surface area (Å²) in [6, 6.07) is 6.72. The number of carbonyl (C=O) groups excluding carboxylic acids is 4. The Bertz CT molecular complexity index is 1040. The fourth-order valence-corrected chi connectivity index (χ4v) is 4.50. The summed E-state index contributed by atoms with van der Waals surface area (Å²) in [5.74, 6) is -0.986. The van der Waals surface area contributed by atoms with Crippen LogP contribution in [0.1, 0.15) is 22.3 Å². The number of benzene rings is 1. The fourth-order valence-electron chi connectivity index (χ4n) is 2.65. The molecule has 1 aliphatic heterocycles. The second-order valence-corrected chi connectivity index (χ2v) is 8.90. The minimum absolute atomic E-state index is 0.0400. The van der Waals surface area contributed by atoms with Gasteiger partial charge in [0.25, 0.3) is 17.1 Å². The molecule has 0 atom stereocenters. The fraction of sp³-hybridized carbons (Fsp3) is 0.200.